The summed E-state index contributed by atoms with van der Waals surface area (Å²) in [7, 11) is 0. The molecule has 1 aromatic carbocycles. The van der Waals surface area contributed by atoms with Gasteiger partial charge >= 0.3 is 0 Å². The van der Waals surface area contributed by atoms with Gasteiger partial charge < -0.3 is 9.88 Å². The van der Waals surface area contributed by atoms with Crippen molar-refractivity contribution in [2.75, 3.05) is 18.4 Å². The zero-order valence-electron chi connectivity index (χ0n) is 18.1. The average molecular weight is 445 g/mol. The second-order valence-electron chi connectivity index (χ2n) is 8.19. The fourth-order valence-corrected chi connectivity index (χ4v) is 4.34. The third-order valence-corrected chi connectivity index (χ3v) is 6.02. The Bertz CT molecular complexity index is 1230. The molecule has 0 radical (unpaired) electrons. The van der Waals surface area contributed by atoms with Gasteiger partial charge in [0.15, 0.2) is 0 Å². The monoisotopic (exact) mass is 444 g/mol. The predicted molar refractivity (Wildman–Crippen MR) is 124 cm³/mol. The van der Waals surface area contributed by atoms with Crippen molar-refractivity contribution in [1.82, 2.24) is 24.2 Å². The molecule has 168 valence electrons. The number of likely N-dealkylation sites (tertiary alicyclic amines) is 1. The highest BCUT2D eigenvalue weighted by atomic mass is 19.1. The van der Waals surface area contributed by atoms with E-state index in [0.29, 0.717) is 5.82 Å². The molecule has 8 heteroatoms. The van der Waals surface area contributed by atoms with Crippen LogP contribution in [-0.2, 0) is 6.54 Å². The lowest BCUT2D eigenvalue weighted by Crippen LogP contribution is -2.35. The van der Waals surface area contributed by atoms with E-state index in [-0.39, 0.29) is 17.5 Å². The minimum absolute atomic E-state index is 0.196. The van der Waals surface area contributed by atoms with Crippen molar-refractivity contribution in [3.63, 3.8) is 0 Å². The molecule has 1 saturated heterocycles. The van der Waals surface area contributed by atoms with Gasteiger partial charge in [-0.05, 0) is 55.3 Å². The van der Waals surface area contributed by atoms with Gasteiger partial charge in [0.25, 0.3) is 5.91 Å². The Morgan fingerprint density at radius 2 is 1.91 bits per heavy atom. The highest BCUT2D eigenvalue weighted by Crippen LogP contribution is 2.27. The number of anilines is 1. The van der Waals surface area contributed by atoms with Crippen LogP contribution in [-0.4, -0.2) is 43.2 Å². The van der Waals surface area contributed by atoms with E-state index >= 15 is 0 Å². The number of nitrogens with zero attached hydrogens (tertiary/aromatic N) is 5. The van der Waals surface area contributed by atoms with Gasteiger partial charge in [0.1, 0.15) is 17.5 Å². The Morgan fingerprint density at radius 1 is 1.03 bits per heavy atom. The van der Waals surface area contributed by atoms with Gasteiger partial charge in [-0.1, -0.05) is 12.1 Å². The Kier molecular flexibility index (Phi) is 5.99. The molecule has 3 aromatic heterocycles. The summed E-state index contributed by atoms with van der Waals surface area (Å²) in [6, 6.07) is 17.8. The van der Waals surface area contributed by atoms with Crippen molar-refractivity contribution in [3.05, 3.63) is 96.3 Å². The molecule has 0 spiro atoms. The van der Waals surface area contributed by atoms with Crippen LogP contribution >= 0.6 is 0 Å². The first-order chi connectivity index (χ1) is 16.2. The number of hydrogen-bond donors (Lipinski definition) is 1. The zero-order chi connectivity index (χ0) is 22.6. The number of carbonyl (C=O) groups excluding carboxylic acids is 1. The molecule has 0 aliphatic carbocycles. The van der Waals surface area contributed by atoms with Crippen LogP contribution in [0.4, 0.5) is 10.2 Å². The molecule has 1 amide bonds. The highest BCUT2D eigenvalue weighted by Gasteiger charge is 2.24. The topological polar surface area (TPSA) is 68.0 Å². The average Bonchev–Trinajstić information content (AvgIpc) is 3.50. The maximum atomic E-state index is 13.5. The molecule has 33 heavy (non-hydrogen) atoms. The summed E-state index contributed by atoms with van der Waals surface area (Å²) >= 11 is 0. The second-order valence-corrected chi connectivity index (χ2v) is 8.19. The molecular weight excluding hydrogens is 419 g/mol. The van der Waals surface area contributed by atoms with E-state index in [4.69, 9.17) is 0 Å². The van der Waals surface area contributed by atoms with Crippen LogP contribution in [0.5, 0.6) is 0 Å². The number of piperidine rings is 1. The van der Waals surface area contributed by atoms with Gasteiger partial charge in [0.2, 0.25) is 0 Å². The molecular formula is C25H25FN6O. The van der Waals surface area contributed by atoms with Gasteiger partial charge in [-0.15, -0.1) is 0 Å². The van der Waals surface area contributed by atoms with Crippen molar-refractivity contribution in [2.24, 2.45) is 0 Å². The maximum absolute atomic E-state index is 13.5. The van der Waals surface area contributed by atoms with Gasteiger partial charge in [-0.3, -0.25) is 9.69 Å². The predicted octanol–water partition coefficient (Wildman–Crippen LogP) is 4.30. The number of amides is 1. The highest BCUT2D eigenvalue weighted by molar-refractivity contribution is 6.03. The van der Waals surface area contributed by atoms with E-state index in [1.54, 1.807) is 24.5 Å². The van der Waals surface area contributed by atoms with Crippen LogP contribution in [0.1, 0.15) is 34.9 Å². The molecule has 0 unspecified atom stereocenters. The molecule has 0 bridgehead atoms. The summed E-state index contributed by atoms with van der Waals surface area (Å²) in [5, 5.41) is 7.33. The summed E-state index contributed by atoms with van der Waals surface area (Å²) in [5.74, 6) is 0.774. The van der Waals surface area contributed by atoms with Crippen molar-refractivity contribution < 1.29 is 9.18 Å². The minimum atomic E-state index is -0.433. The molecule has 1 aliphatic rings. The molecule has 1 fully saturated rings. The van der Waals surface area contributed by atoms with Crippen molar-refractivity contribution >= 4 is 11.7 Å². The number of halogens is 1. The van der Waals surface area contributed by atoms with Gasteiger partial charge in [0, 0.05) is 49.4 Å². The van der Waals surface area contributed by atoms with E-state index < -0.39 is 5.82 Å². The lowest BCUT2D eigenvalue weighted by molar-refractivity contribution is 0.102. The fraction of sp³-hybridized carbons (Fsp3) is 0.240. The lowest BCUT2D eigenvalue weighted by Gasteiger charge is -2.32. The van der Waals surface area contributed by atoms with Crippen LogP contribution in [0.25, 0.3) is 5.82 Å². The first-order valence-corrected chi connectivity index (χ1v) is 11.1. The Morgan fingerprint density at radius 3 is 2.70 bits per heavy atom. The fourth-order valence-electron chi connectivity index (χ4n) is 4.34. The normalized spacial score (nSPS) is 14.9. The maximum Gasteiger partial charge on any atom is 0.256 e. The van der Waals surface area contributed by atoms with E-state index in [9.17, 15) is 9.18 Å². The molecule has 0 atom stereocenters. The molecule has 0 saturated carbocycles. The molecule has 4 heterocycles. The van der Waals surface area contributed by atoms with Gasteiger partial charge in [-0.2, -0.15) is 5.10 Å². The number of carbonyl (C=O) groups is 1. The number of rotatable bonds is 6. The van der Waals surface area contributed by atoms with Crippen LogP contribution in [0.2, 0.25) is 0 Å². The summed E-state index contributed by atoms with van der Waals surface area (Å²) in [6.07, 6.45) is 7.39. The third kappa shape index (κ3) is 4.70. The lowest BCUT2D eigenvalue weighted by atomic mass is 10.0. The van der Waals surface area contributed by atoms with E-state index in [2.05, 4.69) is 30.9 Å². The quantitative estimate of drug-likeness (QED) is 0.482. The Balaban J connectivity index is 1.21. The number of benzene rings is 1. The number of nitrogens with one attached hydrogen (secondary N) is 1. The Hall–Kier alpha value is -3.78. The third-order valence-electron chi connectivity index (χ3n) is 6.02. The van der Waals surface area contributed by atoms with E-state index in [1.807, 2.05) is 35.1 Å². The summed E-state index contributed by atoms with van der Waals surface area (Å²) in [5.41, 5.74) is 1.49. The van der Waals surface area contributed by atoms with Crippen molar-refractivity contribution in [1.29, 1.82) is 0 Å². The minimum Gasteiger partial charge on any atom is -0.307 e. The van der Waals surface area contributed by atoms with E-state index in [1.165, 1.54) is 23.9 Å². The SMILES string of the molecule is O=C(Nc1ccnn1C1CCN(Cc2cccn2-c2ccccn2)CC1)c1cccc(F)c1. The number of hydrogen-bond acceptors (Lipinski definition) is 4. The van der Waals surface area contributed by atoms with Gasteiger partial charge in [-0.25, -0.2) is 14.1 Å². The molecule has 1 N–H and O–H groups in total. The largest absolute Gasteiger partial charge is 0.307 e. The molecule has 5 rings (SSSR count). The van der Waals surface area contributed by atoms with Crippen LogP contribution in [0, 0.1) is 5.82 Å². The summed E-state index contributed by atoms with van der Waals surface area (Å²) in [6.45, 7) is 2.70. The summed E-state index contributed by atoms with van der Waals surface area (Å²) < 4.78 is 17.5. The van der Waals surface area contributed by atoms with Crippen LogP contribution in [0.15, 0.2) is 79.3 Å². The second kappa shape index (κ2) is 9.38. The van der Waals surface area contributed by atoms with Crippen molar-refractivity contribution in [2.45, 2.75) is 25.4 Å². The molecule has 7 nitrogen and oxygen atoms in total. The molecule has 4 aromatic rings. The zero-order valence-corrected chi connectivity index (χ0v) is 18.1. The standard InChI is InChI=1S/C25H25FN6O/c26-20-6-3-5-19(17-20)25(33)29-24-9-13-28-32(24)21-10-15-30(16-11-21)18-22-7-4-14-31(22)23-8-1-2-12-27-23/h1-9,12-14,17,21H,10-11,15-16,18H2,(H,29,33). The smallest absolute Gasteiger partial charge is 0.256 e. The van der Waals surface area contributed by atoms with E-state index in [0.717, 1.165) is 38.3 Å². The number of aromatic nitrogens is 4. The summed E-state index contributed by atoms with van der Waals surface area (Å²) in [4.78, 5) is 19.4. The van der Waals surface area contributed by atoms with Crippen LogP contribution < -0.4 is 5.32 Å². The number of pyridine rings is 1. The Labute approximate surface area is 191 Å². The molecule has 1 aliphatic heterocycles. The van der Waals surface area contributed by atoms with Gasteiger partial charge in [0.05, 0.1) is 12.2 Å². The van der Waals surface area contributed by atoms with Crippen LogP contribution in [0.3, 0.4) is 0 Å². The first-order valence-electron chi connectivity index (χ1n) is 11.1. The van der Waals surface area contributed by atoms with Crippen molar-refractivity contribution in [3.8, 4) is 5.82 Å². The first kappa shape index (κ1) is 21.1.